The first-order chi connectivity index (χ1) is 14.4. The molecule has 0 amide bonds. The van der Waals surface area contributed by atoms with Gasteiger partial charge in [-0.15, -0.1) is 10.2 Å². The van der Waals surface area contributed by atoms with Gasteiger partial charge in [-0.25, -0.2) is 9.97 Å². The maximum absolute atomic E-state index is 4.84. The first kappa shape index (κ1) is 17.6. The van der Waals surface area contributed by atoms with Crippen LogP contribution >= 0.6 is 11.8 Å². The molecule has 140 valence electrons. The Bertz CT molecular complexity index is 1220. The molecule has 0 aliphatic heterocycles. The molecule has 5 aromatic rings. The lowest BCUT2D eigenvalue weighted by Crippen LogP contribution is -1.99. The van der Waals surface area contributed by atoms with Gasteiger partial charge in [0.15, 0.2) is 0 Å². The number of pyridine rings is 1. The lowest BCUT2D eigenvalue weighted by molar-refractivity contribution is 0.849. The molecule has 0 saturated carbocycles. The third-order valence-electron chi connectivity index (χ3n) is 4.52. The van der Waals surface area contributed by atoms with Gasteiger partial charge in [0.2, 0.25) is 5.16 Å². The summed E-state index contributed by atoms with van der Waals surface area (Å²) in [6, 6.07) is 26.1. The number of fused-ring (bicyclic) bond motifs is 1. The van der Waals surface area contributed by atoms with Crippen LogP contribution < -0.4 is 0 Å². The smallest absolute Gasteiger partial charge is 0.210 e. The second-order valence-electron chi connectivity index (χ2n) is 6.51. The minimum absolute atomic E-state index is 0.639. The van der Waals surface area contributed by atoms with Gasteiger partial charge in [0.1, 0.15) is 17.0 Å². The van der Waals surface area contributed by atoms with E-state index in [9.17, 15) is 0 Å². The third kappa shape index (κ3) is 3.75. The lowest BCUT2D eigenvalue weighted by atomic mass is 10.0. The lowest BCUT2D eigenvalue weighted by Gasteiger charge is -2.09. The molecule has 5 nitrogen and oxygen atoms in total. The van der Waals surface area contributed by atoms with E-state index in [0.29, 0.717) is 10.9 Å². The molecule has 0 saturated heterocycles. The van der Waals surface area contributed by atoms with E-state index >= 15 is 0 Å². The Balaban J connectivity index is 1.47. The van der Waals surface area contributed by atoms with Crippen LogP contribution in [0.3, 0.4) is 0 Å². The number of hydrogen-bond acceptors (Lipinski definition) is 5. The van der Waals surface area contributed by atoms with Crippen LogP contribution in [-0.2, 0) is 5.75 Å². The van der Waals surface area contributed by atoms with Crippen molar-refractivity contribution in [1.29, 1.82) is 0 Å². The van der Waals surface area contributed by atoms with Crippen LogP contribution in [0.15, 0.2) is 96.4 Å². The first-order valence-corrected chi connectivity index (χ1v) is 10.3. The fraction of sp³-hybridized carbons (Fsp3) is 0.0435. The second-order valence-corrected chi connectivity index (χ2v) is 7.45. The predicted molar refractivity (Wildman–Crippen MR) is 115 cm³/mol. The van der Waals surface area contributed by atoms with Crippen molar-refractivity contribution in [1.82, 2.24) is 24.6 Å². The second kappa shape index (κ2) is 7.85. The fourth-order valence-electron chi connectivity index (χ4n) is 3.16. The highest BCUT2D eigenvalue weighted by Gasteiger charge is 2.14. The molecule has 0 aliphatic carbocycles. The van der Waals surface area contributed by atoms with E-state index in [4.69, 9.17) is 4.98 Å². The Morgan fingerprint density at radius 1 is 0.690 bits per heavy atom. The van der Waals surface area contributed by atoms with Gasteiger partial charge in [0, 0.05) is 29.3 Å². The van der Waals surface area contributed by atoms with Crippen molar-refractivity contribution in [3.05, 3.63) is 97.0 Å². The molecule has 2 aromatic carbocycles. The van der Waals surface area contributed by atoms with Crippen molar-refractivity contribution in [2.45, 2.75) is 10.9 Å². The average Bonchev–Trinajstić information content (AvgIpc) is 3.22. The van der Waals surface area contributed by atoms with Gasteiger partial charge in [0.25, 0.3) is 0 Å². The van der Waals surface area contributed by atoms with E-state index in [1.54, 1.807) is 11.8 Å². The number of aromatic nitrogens is 5. The van der Waals surface area contributed by atoms with Gasteiger partial charge in [-0.1, -0.05) is 78.5 Å². The zero-order valence-corrected chi connectivity index (χ0v) is 16.3. The molecule has 0 atom stereocenters. The largest absolute Gasteiger partial charge is 0.307 e. The molecule has 0 N–H and O–H groups in total. The topological polar surface area (TPSA) is 56.0 Å². The molecule has 0 fully saturated rings. The molecule has 5 rings (SSSR count). The summed E-state index contributed by atoms with van der Waals surface area (Å²) in [5.41, 5.74) is 5.57. The quantitative estimate of drug-likeness (QED) is 0.385. The molecular formula is C23H17N5S. The van der Waals surface area contributed by atoms with Crippen LogP contribution in [0, 0.1) is 0 Å². The SMILES string of the molecule is c1ccc(-c2nnc(SCc3cn4ccccc4n3)nc2-c2ccccc2)cc1. The monoisotopic (exact) mass is 395 g/mol. The van der Waals surface area contributed by atoms with E-state index in [0.717, 1.165) is 33.9 Å². The first-order valence-electron chi connectivity index (χ1n) is 9.28. The maximum atomic E-state index is 4.84. The normalized spacial score (nSPS) is 11.0. The van der Waals surface area contributed by atoms with E-state index in [1.165, 1.54) is 0 Å². The summed E-state index contributed by atoms with van der Waals surface area (Å²) in [4.78, 5) is 9.48. The van der Waals surface area contributed by atoms with Gasteiger partial charge in [-0.3, -0.25) is 0 Å². The molecule has 0 spiro atoms. The van der Waals surface area contributed by atoms with E-state index < -0.39 is 0 Å². The number of benzene rings is 2. The van der Waals surface area contributed by atoms with Crippen molar-refractivity contribution in [3.63, 3.8) is 0 Å². The Morgan fingerprint density at radius 2 is 1.38 bits per heavy atom. The van der Waals surface area contributed by atoms with Crippen LogP contribution in [0.25, 0.3) is 28.2 Å². The van der Waals surface area contributed by atoms with Crippen LogP contribution in [-0.4, -0.2) is 24.6 Å². The molecule has 0 aliphatic rings. The molecule has 29 heavy (non-hydrogen) atoms. The number of hydrogen-bond donors (Lipinski definition) is 0. The zero-order chi connectivity index (χ0) is 19.5. The molecule has 0 unspecified atom stereocenters. The van der Waals surface area contributed by atoms with Crippen LogP contribution in [0.4, 0.5) is 0 Å². The van der Waals surface area contributed by atoms with Crippen LogP contribution in [0.2, 0.25) is 0 Å². The van der Waals surface area contributed by atoms with Crippen molar-refractivity contribution in [2.75, 3.05) is 0 Å². The van der Waals surface area contributed by atoms with Gasteiger partial charge in [-0.05, 0) is 12.1 Å². The number of thioether (sulfide) groups is 1. The molecule has 0 radical (unpaired) electrons. The summed E-state index contributed by atoms with van der Waals surface area (Å²) in [6.45, 7) is 0. The summed E-state index contributed by atoms with van der Waals surface area (Å²) in [5, 5.41) is 9.54. The summed E-state index contributed by atoms with van der Waals surface area (Å²) < 4.78 is 2.02. The Hall–Kier alpha value is -3.51. The molecular weight excluding hydrogens is 378 g/mol. The van der Waals surface area contributed by atoms with Crippen molar-refractivity contribution < 1.29 is 0 Å². The molecule has 3 heterocycles. The Labute approximate surface area is 172 Å². The fourth-order valence-corrected chi connectivity index (χ4v) is 3.83. The van der Waals surface area contributed by atoms with Crippen molar-refractivity contribution >= 4 is 17.4 Å². The van der Waals surface area contributed by atoms with Gasteiger partial charge in [0.05, 0.1) is 5.69 Å². The molecule has 6 heteroatoms. The maximum Gasteiger partial charge on any atom is 0.210 e. The van der Waals surface area contributed by atoms with Gasteiger partial charge >= 0.3 is 0 Å². The molecule has 0 bridgehead atoms. The third-order valence-corrected chi connectivity index (χ3v) is 5.40. The highest BCUT2D eigenvalue weighted by atomic mass is 32.2. The summed E-state index contributed by atoms with van der Waals surface area (Å²) in [7, 11) is 0. The van der Waals surface area contributed by atoms with Crippen molar-refractivity contribution in [3.8, 4) is 22.5 Å². The molecule has 3 aromatic heterocycles. The number of rotatable bonds is 5. The van der Waals surface area contributed by atoms with Crippen molar-refractivity contribution in [2.24, 2.45) is 0 Å². The van der Waals surface area contributed by atoms with Crippen LogP contribution in [0.5, 0.6) is 0 Å². The number of nitrogens with zero attached hydrogens (tertiary/aromatic N) is 5. The Kier molecular flexibility index (Phi) is 4.76. The minimum atomic E-state index is 0.639. The predicted octanol–water partition coefficient (Wildman–Crippen LogP) is 5.15. The minimum Gasteiger partial charge on any atom is -0.307 e. The Morgan fingerprint density at radius 3 is 2.10 bits per heavy atom. The number of imidazole rings is 1. The van der Waals surface area contributed by atoms with E-state index in [1.807, 2.05) is 95.7 Å². The highest BCUT2D eigenvalue weighted by molar-refractivity contribution is 7.98. The van der Waals surface area contributed by atoms with Crippen LogP contribution in [0.1, 0.15) is 5.69 Å². The summed E-state index contributed by atoms with van der Waals surface area (Å²) in [5.74, 6) is 0.683. The average molecular weight is 395 g/mol. The summed E-state index contributed by atoms with van der Waals surface area (Å²) in [6.07, 6.45) is 4.03. The van der Waals surface area contributed by atoms with Gasteiger partial charge < -0.3 is 4.40 Å². The zero-order valence-electron chi connectivity index (χ0n) is 15.5. The van der Waals surface area contributed by atoms with E-state index in [2.05, 4.69) is 15.2 Å². The van der Waals surface area contributed by atoms with Gasteiger partial charge in [-0.2, -0.15) is 0 Å². The standard InChI is InChI=1S/C23H17N5S/c1-3-9-17(10-4-1)21-22(18-11-5-2-6-12-18)26-27-23(25-21)29-16-19-15-28-14-8-7-13-20(28)24-19/h1-15H,16H2. The van der Waals surface area contributed by atoms with E-state index in [-0.39, 0.29) is 0 Å². The summed E-state index contributed by atoms with van der Waals surface area (Å²) >= 11 is 1.54. The highest BCUT2D eigenvalue weighted by Crippen LogP contribution is 2.30.